The molecule has 98 valence electrons. The van der Waals surface area contributed by atoms with Gasteiger partial charge < -0.3 is 15.6 Å². The Kier molecular flexibility index (Phi) is 3.33. The summed E-state index contributed by atoms with van der Waals surface area (Å²) in [5.41, 5.74) is -1.58. The number of hydrogen-bond acceptors (Lipinski definition) is 4. The fourth-order valence-corrected chi connectivity index (χ4v) is 2.04. The smallest absolute Gasteiger partial charge is 0.326 e. The Morgan fingerprint density at radius 3 is 2.56 bits per heavy atom. The molecule has 0 spiro atoms. The van der Waals surface area contributed by atoms with E-state index >= 15 is 0 Å². The van der Waals surface area contributed by atoms with Crippen molar-refractivity contribution in [2.45, 2.75) is 25.3 Å². The lowest BCUT2D eigenvalue weighted by molar-refractivity contribution is 0.0881. The fraction of sp³-hybridized carbons (Fsp3) is 0.545. The minimum absolute atomic E-state index is 0.0106. The molecule has 1 aromatic rings. The predicted octanol–water partition coefficient (Wildman–Crippen LogP) is -1.06. The van der Waals surface area contributed by atoms with E-state index < -0.39 is 17.2 Å². The molecule has 0 unspecified atom stereocenters. The van der Waals surface area contributed by atoms with Gasteiger partial charge in [-0.1, -0.05) is 0 Å². The average molecular weight is 252 g/mol. The average Bonchev–Trinajstić information content (AvgIpc) is 2.28. The van der Waals surface area contributed by atoms with E-state index in [9.17, 15) is 14.4 Å². The molecule has 0 aromatic carbocycles. The summed E-state index contributed by atoms with van der Waals surface area (Å²) in [4.78, 5) is 38.5. The lowest BCUT2D eigenvalue weighted by atomic mass is 9.90. The summed E-state index contributed by atoms with van der Waals surface area (Å²) in [6.45, 7) is 3.63. The third kappa shape index (κ3) is 2.86. The summed E-state index contributed by atoms with van der Waals surface area (Å²) in [7, 11) is 0. The van der Waals surface area contributed by atoms with Gasteiger partial charge in [-0.05, 0) is 32.9 Å². The molecule has 0 atom stereocenters. The van der Waals surface area contributed by atoms with E-state index in [1.54, 1.807) is 0 Å². The van der Waals surface area contributed by atoms with Crippen molar-refractivity contribution < 1.29 is 4.79 Å². The first kappa shape index (κ1) is 12.6. The molecule has 1 aliphatic heterocycles. The molecule has 1 saturated heterocycles. The van der Waals surface area contributed by atoms with Crippen LogP contribution in [0.4, 0.5) is 0 Å². The molecule has 1 aromatic heterocycles. The molecule has 0 aliphatic carbocycles. The first-order chi connectivity index (χ1) is 8.48. The number of piperidine rings is 1. The van der Waals surface area contributed by atoms with Crippen LogP contribution in [0.1, 0.15) is 30.3 Å². The van der Waals surface area contributed by atoms with Gasteiger partial charge in [-0.15, -0.1) is 0 Å². The van der Waals surface area contributed by atoms with E-state index in [-0.39, 0.29) is 11.2 Å². The number of aromatic amines is 2. The normalized spacial score (nSPS) is 18.3. The summed E-state index contributed by atoms with van der Waals surface area (Å²) in [5, 5.41) is 6.07. The number of carbonyl (C=O) groups is 1. The number of aromatic nitrogens is 2. The maximum atomic E-state index is 12.0. The van der Waals surface area contributed by atoms with Crippen LogP contribution in [-0.2, 0) is 0 Å². The Hall–Kier alpha value is -1.89. The van der Waals surface area contributed by atoms with Gasteiger partial charge in [0, 0.05) is 11.6 Å². The zero-order valence-electron chi connectivity index (χ0n) is 10.1. The van der Waals surface area contributed by atoms with Crippen LogP contribution in [-0.4, -0.2) is 34.5 Å². The summed E-state index contributed by atoms with van der Waals surface area (Å²) in [6, 6.07) is 1.08. The molecular formula is C11H16N4O3. The van der Waals surface area contributed by atoms with Gasteiger partial charge in [-0.25, -0.2) is 4.79 Å². The molecule has 7 nitrogen and oxygen atoms in total. The number of hydrogen-bond donors (Lipinski definition) is 4. The van der Waals surface area contributed by atoms with Crippen molar-refractivity contribution in [1.29, 1.82) is 0 Å². The summed E-state index contributed by atoms with van der Waals surface area (Å²) in [6.07, 6.45) is 1.62. The van der Waals surface area contributed by atoms with E-state index in [0.29, 0.717) is 0 Å². The predicted molar refractivity (Wildman–Crippen MR) is 65.7 cm³/mol. The number of carbonyl (C=O) groups excluding carboxylic acids is 1. The number of amides is 1. The van der Waals surface area contributed by atoms with E-state index in [0.717, 1.165) is 32.0 Å². The Bertz CT molecular complexity index is 526. The van der Waals surface area contributed by atoms with Crippen LogP contribution < -0.4 is 21.9 Å². The van der Waals surface area contributed by atoms with Crippen LogP contribution >= 0.6 is 0 Å². The fourth-order valence-electron chi connectivity index (χ4n) is 2.04. The van der Waals surface area contributed by atoms with Crippen LogP contribution in [0, 0.1) is 0 Å². The zero-order chi connectivity index (χ0) is 13.2. The van der Waals surface area contributed by atoms with Crippen molar-refractivity contribution in [1.82, 2.24) is 20.6 Å². The Labute approximate surface area is 103 Å². The summed E-state index contributed by atoms with van der Waals surface area (Å²) >= 11 is 0. The molecule has 1 aliphatic rings. The third-order valence-corrected chi connectivity index (χ3v) is 3.13. The molecule has 1 amide bonds. The molecule has 0 saturated carbocycles. The number of nitrogens with one attached hydrogen (secondary N) is 4. The highest BCUT2D eigenvalue weighted by molar-refractivity contribution is 5.92. The second-order valence-corrected chi connectivity index (χ2v) is 4.77. The van der Waals surface area contributed by atoms with Crippen molar-refractivity contribution in [3.05, 3.63) is 32.6 Å². The Balaban J connectivity index is 2.16. The van der Waals surface area contributed by atoms with E-state index in [4.69, 9.17) is 0 Å². The minimum atomic E-state index is -0.678. The maximum Gasteiger partial charge on any atom is 0.326 e. The third-order valence-electron chi connectivity index (χ3n) is 3.13. The monoisotopic (exact) mass is 252 g/mol. The molecule has 2 rings (SSSR count). The zero-order valence-corrected chi connectivity index (χ0v) is 10.1. The molecule has 1 fully saturated rings. The summed E-state index contributed by atoms with van der Waals surface area (Å²) < 4.78 is 0. The van der Waals surface area contributed by atoms with Gasteiger partial charge in [0.15, 0.2) is 0 Å². The highest BCUT2D eigenvalue weighted by atomic mass is 16.2. The topological polar surface area (TPSA) is 107 Å². The van der Waals surface area contributed by atoms with Crippen LogP contribution in [0.5, 0.6) is 0 Å². The van der Waals surface area contributed by atoms with E-state index in [1.165, 1.54) is 0 Å². The van der Waals surface area contributed by atoms with E-state index in [2.05, 4.69) is 15.6 Å². The first-order valence-electron chi connectivity index (χ1n) is 5.85. The van der Waals surface area contributed by atoms with Gasteiger partial charge in [0.1, 0.15) is 5.69 Å². The minimum Gasteiger partial charge on any atom is -0.346 e. The quantitative estimate of drug-likeness (QED) is 0.538. The van der Waals surface area contributed by atoms with Gasteiger partial charge in [0.25, 0.3) is 11.5 Å². The lowest BCUT2D eigenvalue weighted by Crippen LogP contribution is -2.52. The second kappa shape index (κ2) is 4.77. The molecule has 4 N–H and O–H groups in total. The molecule has 7 heteroatoms. The molecule has 0 bridgehead atoms. The molecule has 0 radical (unpaired) electrons. The van der Waals surface area contributed by atoms with Crippen molar-refractivity contribution in [2.75, 3.05) is 13.1 Å². The first-order valence-corrected chi connectivity index (χ1v) is 5.85. The van der Waals surface area contributed by atoms with Gasteiger partial charge >= 0.3 is 5.69 Å². The Morgan fingerprint density at radius 2 is 1.94 bits per heavy atom. The Morgan fingerprint density at radius 1 is 1.28 bits per heavy atom. The summed E-state index contributed by atoms with van der Waals surface area (Å²) in [5.74, 6) is -0.428. The van der Waals surface area contributed by atoms with Crippen molar-refractivity contribution in [3.63, 3.8) is 0 Å². The van der Waals surface area contributed by atoms with Crippen LogP contribution in [0.25, 0.3) is 0 Å². The van der Waals surface area contributed by atoms with E-state index in [1.807, 2.05) is 11.9 Å². The van der Waals surface area contributed by atoms with Crippen molar-refractivity contribution in [3.8, 4) is 0 Å². The number of H-pyrrole nitrogens is 2. The van der Waals surface area contributed by atoms with Crippen LogP contribution in [0.2, 0.25) is 0 Å². The van der Waals surface area contributed by atoms with Gasteiger partial charge in [-0.2, -0.15) is 0 Å². The highest BCUT2D eigenvalue weighted by Gasteiger charge is 2.28. The van der Waals surface area contributed by atoms with Crippen molar-refractivity contribution >= 4 is 5.91 Å². The highest BCUT2D eigenvalue weighted by Crippen LogP contribution is 2.17. The van der Waals surface area contributed by atoms with Crippen molar-refractivity contribution in [2.24, 2.45) is 0 Å². The van der Waals surface area contributed by atoms with Gasteiger partial charge in [0.05, 0.1) is 0 Å². The molecule has 2 heterocycles. The molecular weight excluding hydrogens is 236 g/mol. The SMILES string of the molecule is CC1(NC(=O)c2cc(=O)[nH]c(=O)[nH]2)CCNCC1. The second-order valence-electron chi connectivity index (χ2n) is 4.77. The van der Waals surface area contributed by atoms with Crippen LogP contribution in [0.3, 0.4) is 0 Å². The molecule has 18 heavy (non-hydrogen) atoms. The largest absolute Gasteiger partial charge is 0.346 e. The van der Waals surface area contributed by atoms with Crippen LogP contribution in [0.15, 0.2) is 15.7 Å². The maximum absolute atomic E-state index is 12.0. The van der Waals surface area contributed by atoms with Gasteiger partial charge in [0.2, 0.25) is 0 Å². The lowest BCUT2D eigenvalue weighted by Gasteiger charge is -2.34. The standard InChI is InChI=1S/C11H16N4O3/c1-11(2-4-12-5-3-11)15-9(17)7-6-8(16)14-10(18)13-7/h6,12H,2-5H2,1H3,(H,15,17)(H2,13,14,16,18). The number of rotatable bonds is 2. The van der Waals surface area contributed by atoms with Gasteiger partial charge in [-0.3, -0.25) is 14.6 Å².